The Morgan fingerprint density at radius 3 is 2.91 bits per heavy atom. The maximum Gasteiger partial charge on any atom is 0.251 e. The molecule has 1 saturated heterocycles. The zero-order valence-electron chi connectivity index (χ0n) is 13.2. The van der Waals surface area contributed by atoms with Crippen LogP contribution in [0.5, 0.6) is 0 Å². The number of anilines is 1. The van der Waals surface area contributed by atoms with Gasteiger partial charge in [-0.3, -0.25) is 14.3 Å². The second kappa shape index (κ2) is 6.64. The fraction of sp³-hybridized carbons (Fsp3) is 0.353. The number of carbonyl (C=O) groups excluding carboxylic acids is 2. The molecular formula is C17H20N4O2. The Morgan fingerprint density at radius 2 is 2.22 bits per heavy atom. The second-order valence-corrected chi connectivity index (χ2v) is 5.68. The number of nitrogens with zero attached hydrogens (tertiary/aromatic N) is 3. The Morgan fingerprint density at radius 1 is 1.35 bits per heavy atom. The van der Waals surface area contributed by atoms with Crippen molar-refractivity contribution in [2.24, 2.45) is 0 Å². The third-order valence-corrected chi connectivity index (χ3v) is 3.89. The van der Waals surface area contributed by atoms with Crippen LogP contribution in [-0.2, 0) is 11.3 Å². The number of hydrogen-bond acceptors (Lipinski definition) is 3. The Labute approximate surface area is 135 Å². The van der Waals surface area contributed by atoms with Gasteiger partial charge in [-0.15, -0.1) is 0 Å². The Kier molecular flexibility index (Phi) is 4.41. The molecule has 0 aliphatic carbocycles. The summed E-state index contributed by atoms with van der Waals surface area (Å²) in [6, 6.07) is 9.14. The highest BCUT2D eigenvalue weighted by Gasteiger charge is 2.22. The molecule has 6 nitrogen and oxygen atoms in total. The number of carbonyl (C=O) groups is 2. The maximum atomic E-state index is 12.2. The van der Waals surface area contributed by atoms with Crippen LogP contribution in [0.3, 0.4) is 0 Å². The molecule has 1 fully saturated rings. The number of rotatable bonds is 5. The largest absolute Gasteiger partial charge is 0.350 e. The molecule has 0 radical (unpaired) electrons. The average molecular weight is 312 g/mol. The van der Waals surface area contributed by atoms with Gasteiger partial charge in [0.2, 0.25) is 5.91 Å². The number of amides is 2. The zero-order chi connectivity index (χ0) is 16.2. The van der Waals surface area contributed by atoms with Crippen molar-refractivity contribution in [3.05, 3.63) is 47.8 Å². The Hall–Kier alpha value is -2.63. The zero-order valence-corrected chi connectivity index (χ0v) is 13.2. The predicted molar refractivity (Wildman–Crippen MR) is 87.3 cm³/mol. The van der Waals surface area contributed by atoms with Gasteiger partial charge in [-0.25, -0.2) is 0 Å². The summed E-state index contributed by atoms with van der Waals surface area (Å²) in [4.78, 5) is 25.8. The minimum atomic E-state index is -0.137. The van der Waals surface area contributed by atoms with Gasteiger partial charge in [-0.1, -0.05) is 6.07 Å². The van der Waals surface area contributed by atoms with Crippen LogP contribution < -0.4 is 10.2 Å². The van der Waals surface area contributed by atoms with E-state index < -0.39 is 0 Å². The molecular weight excluding hydrogens is 292 g/mol. The summed E-state index contributed by atoms with van der Waals surface area (Å²) in [5, 5.41) is 7.16. The van der Waals surface area contributed by atoms with Crippen LogP contribution >= 0.6 is 0 Å². The van der Waals surface area contributed by atoms with E-state index in [2.05, 4.69) is 10.4 Å². The molecule has 23 heavy (non-hydrogen) atoms. The maximum absolute atomic E-state index is 12.2. The first-order valence-electron chi connectivity index (χ1n) is 7.82. The number of aromatic nitrogens is 2. The number of benzene rings is 1. The molecule has 2 heterocycles. The van der Waals surface area contributed by atoms with E-state index in [1.807, 2.05) is 31.3 Å². The van der Waals surface area contributed by atoms with E-state index in [4.69, 9.17) is 0 Å². The van der Waals surface area contributed by atoms with Crippen molar-refractivity contribution in [3.8, 4) is 0 Å². The van der Waals surface area contributed by atoms with Gasteiger partial charge in [0.05, 0.1) is 12.2 Å². The lowest BCUT2D eigenvalue weighted by atomic mass is 10.1. The van der Waals surface area contributed by atoms with E-state index in [1.54, 1.807) is 21.7 Å². The van der Waals surface area contributed by atoms with Gasteiger partial charge in [-0.05, 0) is 37.6 Å². The lowest BCUT2D eigenvalue weighted by Gasteiger charge is -2.16. The molecule has 1 aliphatic heterocycles. The van der Waals surface area contributed by atoms with E-state index in [1.165, 1.54) is 0 Å². The van der Waals surface area contributed by atoms with Crippen LogP contribution in [0, 0.1) is 6.92 Å². The summed E-state index contributed by atoms with van der Waals surface area (Å²) >= 11 is 0. The lowest BCUT2D eigenvalue weighted by molar-refractivity contribution is -0.117. The molecule has 0 spiro atoms. The fourth-order valence-electron chi connectivity index (χ4n) is 2.71. The molecule has 1 N–H and O–H groups in total. The molecule has 1 aromatic carbocycles. The molecule has 0 bridgehead atoms. The summed E-state index contributed by atoms with van der Waals surface area (Å²) in [7, 11) is 0. The molecule has 6 heteroatoms. The summed E-state index contributed by atoms with van der Waals surface area (Å²) < 4.78 is 1.80. The van der Waals surface area contributed by atoms with Gasteiger partial charge in [0.25, 0.3) is 5.91 Å². The van der Waals surface area contributed by atoms with Gasteiger partial charge in [0.15, 0.2) is 0 Å². The van der Waals surface area contributed by atoms with Crippen molar-refractivity contribution in [3.63, 3.8) is 0 Å². The van der Waals surface area contributed by atoms with Gasteiger partial charge >= 0.3 is 0 Å². The van der Waals surface area contributed by atoms with Crippen LogP contribution in [0.25, 0.3) is 0 Å². The van der Waals surface area contributed by atoms with Crippen LogP contribution in [0.1, 0.15) is 28.9 Å². The standard InChI is InChI=1S/C17H20N4O2/c1-13-7-10-20(19-13)11-8-18-17(23)14-4-2-5-15(12-14)21-9-3-6-16(21)22/h2,4-5,7,10,12H,3,6,8-9,11H2,1H3,(H,18,23). The number of nitrogens with one attached hydrogen (secondary N) is 1. The van der Waals surface area contributed by atoms with E-state index in [-0.39, 0.29) is 11.8 Å². The minimum Gasteiger partial charge on any atom is -0.350 e. The van der Waals surface area contributed by atoms with Crippen molar-refractivity contribution < 1.29 is 9.59 Å². The first kappa shape index (κ1) is 15.3. The average Bonchev–Trinajstić information content (AvgIpc) is 3.16. The van der Waals surface area contributed by atoms with E-state index in [0.717, 1.165) is 24.3 Å². The smallest absolute Gasteiger partial charge is 0.251 e. The van der Waals surface area contributed by atoms with Crippen molar-refractivity contribution in [1.29, 1.82) is 0 Å². The highest BCUT2D eigenvalue weighted by Crippen LogP contribution is 2.22. The van der Waals surface area contributed by atoms with E-state index in [9.17, 15) is 9.59 Å². The van der Waals surface area contributed by atoms with Gasteiger partial charge < -0.3 is 10.2 Å². The summed E-state index contributed by atoms with van der Waals surface area (Å²) in [5.74, 6) is -0.0148. The number of hydrogen-bond donors (Lipinski definition) is 1. The van der Waals surface area contributed by atoms with Crippen molar-refractivity contribution in [1.82, 2.24) is 15.1 Å². The molecule has 1 aromatic heterocycles. The van der Waals surface area contributed by atoms with Crippen LogP contribution in [-0.4, -0.2) is 34.7 Å². The van der Waals surface area contributed by atoms with Crippen LogP contribution in [0.2, 0.25) is 0 Å². The highest BCUT2D eigenvalue weighted by molar-refractivity contribution is 5.99. The molecule has 2 amide bonds. The van der Waals surface area contributed by atoms with Crippen LogP contribution in [0.4, 0.5) is 5.69 Å². The first-order valence-corrected chi connectivity index (χ1v) is 7.82. The molecule has 120 valence electrons. The molecule has 1 aliphatic rings. The molecule has 3 rings (SSSR count). The lowest BCUT2D eigenvalue weighted by Crippen LogP contribution is -2.28. The van der Waals surface area contributed by atoms with Gasteiger partial charge in [0.1, 0.15) is 0 Å². The Bertz CT molecular complexity index is 723. The summed E-state index contributed by atoms with van der Waals surface area (Å²) in [5.41, 5.74) is 2.32. The SMILES string of the molecule is Cc1ccn(CCNC(=O)c2cccc(N3CCCC3=O)c2)n1. The summed E-state index contributed by atoms with van der Waals surface area (Å²) in [6.07, 6.45) is 3.35. The highest BCUT2D eigenvalue weighted by atomic mass is 16.2. The summed E-state index contributed by atoms with van der Waals surface area (Å²) in [6.45, 7) is 3.79. The fourth-order valence-corrected chi connectivity index (χ4v) is 2.71. The topological polar surface area (TPSA) is 67.2 Å². The number of aryl methyl sites for hydroxylation is 1. The molecule has 0 saturated carbocycles. The quantitative estimate of drug-likeness (QED) is 0.914. The van der Waals surface area contributed by atoms with E-state index in [0.29, 0.717) is 25.1 Å². The Balaban J connectivity index is 1.59. The third-order valence-electron chi connectivity index (χ3n) is 3.89. The van der Waals surface area contributed by atoms with Crippen LogP contribution in [0.15, 0.2) is 36.5 Å². The minimum absolute atomic E-state index is 0.122. The second-order valence-electron chi connectivity index (χ2n) is 5.68. The van der Waals surface area contributed by atoms with Gasteiger partial charge in [-0.2, -0.15) is 5.10 Å². The monoisotopic (exact) mass is 312 g/mol. The van der Waals surface area contributed by atoms with Gasteiger partial charge in [0, 0.05) is 37.0 Å². The van der Waals surface area contributed by atoms with Crippen molar-refractivity contribution >= 4 is 17.5 Å². The van der Waals surface area contributed by atoms with Crippen molar-refractivity contribution in [2.75, 3.05) is 18.0 Å². The van der Waals surface area contributed by atoms with E-state index >= 15 is 0 Å². The normalized spacial score (nSPS) is 14.3. The van der Waals surface area contributed by atoms with Crippen molar-refractivity contribution in [2.45, 2.75) is 26.3 Å². The molecule has 0 atom stereocenters. The third kappa shape index (κ3) is 3.59. The first-order chi connectivity index (χ1) is 11.1. The predicted octanol–water partition coefficient (Wildman–Crippen LogP) is 1.75. The molecule has 0 unspecified atom stereocenters. The molecule has 2 aromatic rings.